The molecule has 0 aromatic carbocycles. The first-order valence-electron chi connectivity index (χ1n) is 7.57. The molecule has 0 bridgehead atoms. The molecule has 5 heteroatoms. The molecule has 5 nitrogen and oxygen atoms in total. The maximum Gasteiger partial charge on any atom is 0.268 e. The molecule has 0 aliphatic carbocycles. The standard InChI is InChI=1S/C15H26N4O/c1-12-5-4-6-18(10-12)14-7-15(20)19(17-9-14)11-13(2)8-16-3/h7,9,12-13,16H,4-6,8,10-11H2,1-3H3. The van der Waals surface area contributed by atoms with Gasteiger partial charge in [0, 0.05) is 25.7 Å². The number of aromatic nitrogens is 2. The zero-order valence-electron chi connectivity index (χ0n) is 12.8. The maximum atomic E-state index is 12.2. The molecule has 2 unspecified atom stereocenters. The molecular formula is C15H26N4O. The average Bonchev–Trinajstić information content (AvgIpc) is 2.41. The smallest absolute Gasteiger partial charge is 0.268 e. The summed E-state index contributed by atoms with van der Waals surface area (Å²) in [5.41, 5.74) is 0.975. The molecule has 1 aliphatic rings. The zero-order chi connectivity index (χ0) is 14.5. The van der Waals surface area contributed by atoms with Gasteiger partial charge in [-0.1, -0.05) is 13.8 Å². The van der Waals surface area contributed by atoms with Crippen LogP contribution in [-0.2, 0) is 6.54 Å². The molecule has 2 heterocycles. The Morgan fingerprint density at radius 3 is 3.00 bits per heavy atom. The predicted molar refractivity (Wildman–Crippen MR) is 82.2 cm³/mol. The van der Waals surface area contributed by atoms with Crippen LogP contribution in [0.15, 0.2) is 17.1 Å². The van der Waals surface area contributed by atoms with Crippen molar-refractivity contribution in [1.29, 1.82) is 0 Å². The number of nitrogens with one attached hydrogen (secondary N) is 1. The molecule has 0 amide bonds. The first-order chi connectivity index (χ1) is 9.60. The Morgan fingerprint density at radius 1 is 1.55 bits per heavy atom. The molecule has 1 aromatic heterocycles. The number of hydrogen-bond donors (Lipinski definition) is 1. The van der Waals surface area contributed by atoms with E-state index in [1.807, 2.05) is 13.2 Å². The molecule has 2 rings (SSSR count). The van der Waals surface area contributed by atoms with Gasteiger partial charge in [0.05, 0.1) is 11.9 Å². The highest BCUT2D eigenvalue weighted by Crippen LogP contribution is 2.20. The van der Waals surface area contributed by atoms with E-state index in [-0.39, 0.29) is 5.56 Å². The van der Waals surface area contributed by atoms with E-state index in [9.17, 15) is 4.79 Å². The number of rotatable bonds is 5. The molecule has 20 heavy (non-hydrogen) atoms. The Morgan fingerprint density at radius 2 is 2.35 bits per heavy atom. The van der Waals surface area contributed by atoms with Crippen molar-refractivity contribution in [1.82, 2.24) is 15.1 Å². The summed E-state index contributed by atoms with van der Waals surface area (Å²) in [6.07, 6.45) is 4.32. The third kappa shape index (κ3) is 3.82. The van der Waals surface area contributed by atoms with Crippen molar-refractivity contribution in [3.63, 3.8) is 0 Å². The van der Waals surface area contributed by atoms with Gasteiger partial charge in [-0.2, -0.15) is 5.10 Å². The fourth-order valence-electron chi connectivity index (χ4n) is 2.87. The summed E-state index contributed by atoms with van der Waals surface area (Å²) in [5.74, 6) is 1.09. The zero-order valence-corrected chi connectivity index (χ0v) is 12.8. The lowest BCUT2D eigenvalue weighted by molar-refractivity contribution is 0.419. The van der Waals surface area contributed by atoms with Gasteiger partial charge in [0.15, 0.2) is 0 Å². The van der Waals surface area contributed by atoms with Gasteiger partial charge in [0.2, 0.25) is 0 Å². The molecule has 112 valence electrons. The van der Waals surface area contributed by atoms with Crippen LogP contribution in [0.3, 0.4) is 0 Å². The van der Waals surface area contributed by atoms with Crippen LogP contribution in [0.5, 0.6) is 0 Å². The highest BCUT2D eigenvalue weighted by molar-refractivity contribution is 5.43. The van der Waals surface area contributed by atoms with Gasteiger partial charge in [-0.25, -0.2) is 4.68 Å². The van der Waals surface area contributed by atoms with Gasteiger partial charge < -0.3 is 10.2 Å². The second kappa shape index (κ2) is 6.88. The van der Waals surface area contributed by atoms with E-state index >= 15 is 0 Å². The normalized spacial score (nSPS) is 20.9. The lowest BCUT2D eigenvalue weighted by Crippen LogP contribution is -2.36. The van der Waals surface area contributed by atoms with Gasteiger partial charge in [-0.15, -0.1) is 0 Å². The van der Waals surface area contributed by atoms with Crippen LogP contribution < -0.4 is 15.8 Å². The Bertz CT molecular complexity index is 485. The fraction of sp³-hybridized carbons (Fsp3) is 0.733. The predicted octanol–water partition coefficient (Wildman–Crippen LogP) is 1.34. The van der Waals surface area contributed by atoms with Crippen molar-refractivity contribution in [3.05, 3.63) is 22.6 Å². The van der Waals surface area contributed by atoms with E-state index < -0.39 is 0 Å². The van der Waals surface area contributed by atoms with Crippen molar-refractivity contribution in [2.45, 2.75) is 33.2 Å². The lowest BCUT2D eigenvalue weighted by Gasteiger charge is -2.32. The Hall–Kier alpha value is -1.36. The molecule has 1 fully saturated rings. The molecule has 1 N–H and O–H groups in total. The molecule has 1 saturated heterocycles. The Kier molecular flexibility index (Phi) is 5.17. The summed E-state index contributed by atoms with van der Waals surface area (Å²) in [7, 11) is 1.92. The molecule has 1 aliphatic heterocycles. The summed E-state index contributed by atoms with van der Waals surface area (Å²) in [6, 6.07) is 1.73. The third-order valence-corrected chi connectivity index (χ3v) is 3.91. The van der Waals surface area contributed by atoms with Crippen molar-refractivity contribution in [2.75, 3.05) is 31.6 Å². The monoisotopic (exact) mass is 278 g/mol. The summed E-state index contributed by atoms with van der Waals surface area (Å²) in [5, 5.41) is 7.46. The summed E-state index contributed by atoms with van der Waals surface area (Å²) in [4.78, 5) is 14.4. The van der Waals surface area contributed by atoms with Crippen LogP contribution in [0.4, 0.5) is 5.69 Å². The van der Waals surface area contributed by atoms with E-state index in [0.717, 1.165) is 25.3 Å². The fourth-order valence-corrected chi connectivity index (χ4v) is 2.87. The van der Waals surface area contributed by atoms with Gasteiger partial charge in [0.1, 0.15) is 0 Å². The van der Waals surface area contributed by atoms with E-state index in [0.29, 0.717) is 18.4 Å². The molecular weight excluding hydrogens is 252 g/mol. The Balaban J connectivity index is 2.07. The topological polar surface area (TPSA) is 50.2 Å². The van der Waals surface area contributed by atoms with Crippen molar-refractivity contribution >= 4 is 5.69 Å². The van der Waals surface area contributed by atoms with E-state index in [1.165, 1.54) is 12.8 Å². The van der Waals surface area contributed by atoms with Crippen molar-refractivity contribution in [2.24, 2.45) is 11.8 Å². The van der Waals surface area contributed by atoms with E-state index in [1.54, 1.807) is 10.7 Å². The molecule has 0 spiro atoms. The van der Waals surface area contributed by atoms with Crippen LogP contribution in [0.25, 0.3) is 0 Å². The van der Waals surface area contributed by atoms with E-state index in [2.05, 4.69) is 29.2 Å². The molecule has 0 radical (unpaired) electrons. The number of piperidine rings is 1. The van der Waals surface area contributed by atoms with Crippen LogP contribution in [0, 0.1) is 11.8 Å². The van der Waals surface area contributed by atoms with Crippen molar-refractivity contribution < 1.29 is 0 Å². The molecule has 0 saturated carbocycles. The summed E-state index contributed by atoms with van der Waals surface area (Å²) >= 11 is 0. The first kappa shape index (κ1) is 15.0. The minimum absolute atomic E-state index is 0.00341. The average molecular weight is 278 g/mol. The number of anilines is 1. The molecule has 2 atom stereocenters. The van der Waals surface area contributed by atoms with Gasteiger partial charge in [-0.05, 0) is 38.3 Å². The highest BCUT2D eigenvalue weighted by Gasteiger charge is 2.17. The maximum absolute atomic E-state index is 12.2. The minimum atomic E-state index is 0.00341. The van der Waals surface area contributed by atoms with Crippen LogP contribution in [0.2, 0.25) is 0 Å². The highest BCUT2D eigenvalue weighted by atomic mass is 16.1. The summed E-state index contributed by atoms with van der Waals surface area (Å²) < 4.78 is 1.57. The minimum Gasteiger partial charge on any atom is -0.370 e. The first-order valence-corrected chi connectivity index (χ1v) is 7.57. The third-order valence-electron chi connectivity index (χ3n) is 3.91. The largest absolute Gasteiger partial charge is 0.370 e. The SMILES string of the molecule is CNCC(C)Cn1ncc(N2CCCC(C)C2)cc1=O. The van der Waals surface area contributed by atoms with Crippen LogP contribution in [0.1, 0.15) is 26.7 Å². The van der Waals surface area contributed by atoms with Gasteiger partial charge in [-0.3, -0.25) is 4.79 Å². The number of nitrogens with zero attached hydrogens (tertiary/aromatic N) is 3. The van der Waals surface area contributed by atoms with Crippen LogP contribution in [-0.4, -0.2) is 36.5 Å². The molecule has 1 aromatic rings. The summed E-state index contributed by atoms with van der Waals surface area (Å²) in [6.45, 7) is 7.99. The Labute approximate surface area is 121 Å². The second-order valence-electron chi connectivity index (χ2n) is 6.09. The lowest BCUT2D eigenvalue weighted by atomic mass is 10.00. The van der Waals surface area contributed by atoms with Gasteiger partial charge >= 0.3 is 0 Å². The van der Waals surface area contributed by atoms with Crippen LogP contribution >= 0.6 is 0 Å². The number of hydrogen-bond acceptors (Lipinski definition) is 4. The van der Waals surface area contributed by atoms with E-state index in [4.69, 9.17) is 0 Å². The van der Waals surface area contributed by atoms with Crippen molar-refractivity contribution in [3.8, 4) is 0 Å². The van der Waals surface area contributed by atoms with Gasteiger partial charge in [0.25, 0.3) is 5.56 Å². The quantitative estimate of drug-likeness (QED) is 0.883. The second-order valence-corrected chi connectivity index (χ2v) is 6.09.